The molecule has 0 radical (unpaired) electrons. The summed E-state index contributed by atoms with van der Waals surface area (Å²) in [6.45, 7) is 4.67. The van der Waals surface area contributed by atoms with E-state index in [0.717, 1.165) is 40.4 Å². The molecule has 1 aliphatic heterocycles. The summed E-state index contributed by atoms with van der Waals surface area (Å²) >= 11 is 0. The van der Waals surface area contributed by atoms with Gasteiger partial charge in [-0.1, -0.05) is 111 Å². The van der Waals surface area contributed by atoms with Crippen LogP contribution in [0.5, 0.6) is 0 Å². The smallest absolute Gasteiger partial charge is 0.165 e. The maximum Gasteiger partial charge on any atom is 0.165 e. The van der Waals surface area contributed by atoms with Crippen LogP contribution in [0, 0.1) is 11.8 Å². The third-order valence-corrected chi connectivity index (χ3v) is 12.2. The van der Waals surface area contributed by atoms with Gasteiger partial charge in [-0.3, -0.25) is 4.57 Å². The molecule has 0 saturated heterocycles. The molecule has 9 aromatic rings. The van der Waals surface area contributed by atoms with Crippen molar-refractivity contribution in [3.05, 3.63) is 156 Å². The van der Waals surface area contributed by atoms with E-state index in [1.54, 1.807) is 0 Å². The fraction of sp³-hybridized carbons (Fsp3) is 0.143. The van der Waals surface area contributed by atoms with Crippen molar-refractivity contribution >= 4 is 65.8 Å². The van der Waals surface area contributed by atoms with Gasteiger partial charge in [0, 0.05) is 38.4 Å². The predicted molar refractivity (Wildman–Crippen MR) is 220 cm³/mol. The van der Waals surface area contributed by atoms with Crippen LogP contribution in [0.25, 0.3) is 88.4 Å². The number of benzene rings is 6. The molecular formula is C49H36N4. The fourth-order valence-corrected chi connectivity index (χ4v) is 9.44. The van der Waals surface area contributed by atoms with Gasteiger partial charge in [0.1, 0.15) is 5.69 Å². The van der Waals surface area contributed by atoms with Gasteiger partial charge in [0.2, 0.25) is 0 Å². The van der Waals surface area contributed by atoms with E-state index >= 15 is 0 Å². The first-order valence-electron chi connectivity index (χ1n) is 19.0. The van der Waals surface area contributed by atoms with E-state index in [4.69, 9.17) is 9.97 Å². The number of allylic oxidation sites excluding steroid dienone is 4. The Labute approximate surface area is 307 Å². The average Bonchev–Trinajstić information content (AvgIpc) is 3.75. The summed E-state index contributed by atoms with van der Waals surface area (Å²) in [7, 11) is 0. The van der Waals surface area contributed by atoms with Crippen molar-refractivity contribution in [2.45, 2.75) is 32.6 Å². The lowest BCUT2D eigenvalue weighted by atomic mass is 9.85. The Hall–Kier alpha value is -6.26. The molecule has 4 heterocycles. The Kier molecular flexibility index (Phi) is 5.89. The molecule has 3 aromatic heterocycles. The Bertz CT molecular complexity index is 3110. The summed E-state index contributed by atoms with van der Waals surface area (Å²) in [6, 6.07) is 47.1. The van der Waals surface area contributed by atoms with Crippen LogP contribution in [-0.4, -0.2) is 19.1 Å². The van der Waals surface area contributed by atoms with E-state index < -0.39 is 0 Å². The quantitative estimate of drug-likeness (QED) is 0.186. The van der Waals surface area contributed by atoms with E-state index in [1.807, 2.05) is 0 Å². The molecule has 1 saturated carbocycles. The predicted octanol–water partition coefficient (Wildman–Crippen LogP) is 12.4. The van der Waals surface area contributed by atoms with Crippen LogP contribution in [0.15, 0.2) is 140 Å². The Morgan fingerprint density at radius 1 is 0.585 bits per heavy atom. The van der Waals surface area contributed by atoms with Gasteiger partial charge in [-0.05, 0) is 95.3 Å². The molecule has 4 heteroatoms. The molecule has 3 atom stereocenters. The molecule has 0 amide bonds. The minimum absolute atomic E-state index is 0.452. The number of hydrogen-bond acceptors (Lipinski definition) is 2. The number of nitrogens with zero attached hydrogens (tertiary/aromatic N) is 4. The minimum atomic E-state index is 0.452. The lowest BCUT2D eigenvalue weighted by Crippen LogP contribution is -2.06. The van der Waals surface area contributed by atoms with Crippen molar-refractivity contribution < 1.29 is 0 Å². The zero-order chi connectivity index (χ0) is 34.9. The van der Waals surface area contributed by atoms with Gasteiger partial charge in [-0.2, -0.15) is 0 Å². The molecule has 2 aliphatic carbocycles. The van der Waals surface area contributed by atoms with Crippen LogP contribution >= 0.6 is 0 Å². The van der Waals surface area contributed by atoms with Crippen molar-refractivity contribution in [2.24, 2.45) is 11.8 Å². The molecule has 0 N–H and O–H groups in total. The van der Waals surface area contributed by atoms with Crippen molar-refractivity contribution in [1.82, 2.24) is 19.1 Å². The zero-order valence-corrected chi connectivity index (χ0v) is 29.7. The van der Waals surface area contributed by atoms with Gasteiger partial charge in [0.05, 0.1) is 33.1 Å². The summed E-state index contributed by atoms with van der Waals surface area (Å²) in [5.41, 5.74) is 16.4. The van der Waals surface area contributed by atoms with Crippen LogP contribution < -0.4 is 0 Å². The number of aromatic nitrogens is 4. The average molecular weight is 681 g/mol. The van der Waals surface area contributed by atoms with Gasteiger partial charge >= 0.3 is 0 Å². The number of fused-ring (bicyclic) bond motifs is 12. The normalized spacial score (nSPS) is 19.0. The number of para-hydroxylation sites is 4. The monoisotopic (exact) mass is 680 g/mol. The highest BCUT2D eigenvalue weighted by Gasteiger charge is 2.34. The lowest BCUT2D eigenvalue weighted by Gasteiger charge is -2.19. The Morgan fingerprint density at radius 3 is 2.08 bits per heavy atom. The molecule has 3 aliphatic rings. The first-order valence-corrected chi connectivity index (χ1v) is 19.0. The zero-order valence-electron chi connectivity index (χ0n) is 29.7. The third-order valence-electron chi connectivity index (χ3n) is 12.2. The lowest BCUT2D eigenvalue weighted by molar-refractivity contribution is 0.741. The summed E-state index contributed by atoms with van der Waals surface area (Å²) in [5.74, 6) is 2.78. The summed E-state index contributed by atoms with van der Waals surface area (Å²) in [6.07, 6.45) is 7.10. The maximum atomic E-state index is 5.40. The Morgan fingerprint density at radius 2 is 1.26 bits per heavy atom. The van der Waals surface area contributed by atoms with E-state index in [9.17, 15) is 0 Å². The highest BCUT2D eigenvalue weighted by Crippen LogP contribution is 2.49. The molecule has 252 valence electrons. The molecule has 12 rings (SSSR count). The molecule has 1 fully saturated rings. The van der Waals surface area contributed by atoms with E-state index in [1.165, 1.54) is 83.6 Å². The second kappa shape index (κ2) is 10.6. The van der Waals surface area contributed by atoms with Gasteiger partial charge in [0.25, 0.3) is 0 Å². The van der Waals surface area contributed by atoms with Crippen LogP contribution in [0.4, 0.5) is 0 Å². The fourth-order valence-electron chi connectivity index (χ4n) is 9.44. The highest BCUT2D eigenvalue weighted by molar-refractivity contribution is 6.20. The largest absolute Gasteiger partial charge is 0.309 e. The van der Waals surface area contributed by atoms with Crippen molar-refractivity contribution in [3.8, 4) is 22.6 Å². The van der Waals surface area contributed by atoms with E-state index in [0.29, 0.717) is 11.8 Å². The molecule has 0 bridgehead atoms. The van der Waals surface area contributed by atoms with Crippen molar-refractivity contribution in [2.75, 3.05) is 0 Å². The molecule has 2 unspecified atom stereocenters. The summed E-state index contributed by atoms with van der Waals surface area (Å²) in [5, 5.41) is 5.02. The second-order valence-corrected chi connectivity index (χ2v) is 15.6. The topological polar surface area (TPSA) is 35.6 Å². The molecule has 4 nitrogen and oxygen atoms in total. The molecule has 6 aromatic carbocycles. The van der Waals surface area contributed by atoms with Gasteiger partial charge in [-0.15, -0.1) is 0 Å². The number of hydrogen-bond donors (Lipinski definition) is 0. The van der Waals surface area contributed by atoms with Crippen molar-refractivity contribution in [3.63, 3.8) is 0 Å². The van der Waals surface area contributed by atoms with E-state index in [-0.39, 0.29) is 0 Å². The third kappa shape index (κ3) is 4.18. The SMILES string of the molecule is CC1C=C2C(=CC1)c1nc3ccccc3nc1-n1c3cc(-c4ccc5c6ccccc6n(-c6cccc([C@H]7CC7C)c6)c5c4)ccc3c3cccc2c31. The summed E-state index contributed by atoms with van der Waals surface area (Å²) < 4.78 is 4.87. The van der Waals surface area contributed by atoms with Gasteiger partial charge < -0.3 is 4.57 Å². The maximum absolute atomic E-state index is 5.40. The number of rotatable bonds is 3. The molecule has 53 heavy (non-hydrogen) atoms. The minimum Gasteiger partial charge on any atom is -0.309 e. The van der Waals surface area contributed by atoms with Crippen LogP contribution in [-0.2, 0) is 0 Å². The molecular weight excluding hydrogens is 645 g/mol. The Balaban J connectivity index is 1.12. The molecule has 0 spiro atoms. The highest BCUT2D eigenvalue weighted by atomic mass is 15.1. The standard InChI is InChI=1S/C49H36N4/c1-28-17-20-37-41(23-28)39-13-8-12-38-36-22-19-31(27-46(36)53(48(38)39)49-47(37)50-42-14-4-5-15-43(42)51-49)30-18-21-35-34-11-3-6-16-44(34)52(45(35)26-30)33-10-7-9-32(25-33)40-24-29(40)2/h3-16,18-23,25-29,40H,17,24H2,1-2H3/t28?,29?,40-/m0/s1. The van der Waals surface area contributed by atoms with Gasteiger partial charge in [-0.25, -0.2) is 9.97 Å². The second-order valence-electron chi connectivity index (χ2n) is 15.6. The van der Waals surface area contributed by atoms with Gasteiger partial charge in [0.15, 0.2) is 5.82 Å². The van der Waals surface area contributed by atoms with Crippen molar-refractivity contribution in [1.29, 1.82) is 0 Å². The van der Waals surface area contributed by atoms with E-state index in [2.05, 4.69) is 163 Å². The van der Waals surface area contributed by atoms with Crippen LogP contribution in [0.3, 0.4) is 0 Å². The first-order chi connectivity index (χ1) is 26.1. The van der Waals surface area contributed by atoms with Crippen LogP contribution in [0.2, 0.25) is 0 Å². The first kappa shape index (κ1) is 29.3. The summed E-state index contributed by atoms with van der Waals surface area (Å²) in [4.78, 5) is 10.7. The van der Waals surface area contributed by atoms with Crippen LogP contribution in [0.1, 0.15) is 49.4 Å².